The number of hydrogen-bond acceptors (Lipinski definition) is 4. The van der Waals surface area contributed by atoms with Gasteiger partial charge < -0.3 is 9.45 Å². The van der Waals surface area contributed by atoms with Gasteiger partial charge in [-0.05, 0) is 26.8 Å². The van der Waals surface area contributed by atoms with Crippen molar-refractivity contribution in [1.82, 2.24) is 9.80 Å². The Kier molecular flexibility index (Phi) is 5.74. The molecule has 1 rings (SSSR count). The Morgan fingerprint density at radius 2 is 1.87 bits per heavy atom. The molecule has 15 heavy (non-hydrogen) atoms. The SMILES string of the molecule is CC(C)N1CCN(CCCS(=O)[O-])CC1. The van der Waals surface area contributed by atoms with Crippen LogP contribution in [0.5, 0.6) is 0 Å². The summed E-state index contributed by atoms with van der Waals surface area (Å²) < 4.78 is 20.7. The normalized spacial score (nSPS) is 22.1. The number of piperazine rings is 1. The fourth-order valence-corrected chi connectivity index (χ4v) is 2.27. The van der Waals surface area contributed by atoms with Gasteiger partial charge in [-0.3, -0.25) is 9.11 Å². The monoisotopic (exact) mass is 233 g/mol. The fraction of sp³-hybridized carbons (Fsp3) is 1.00. The van der Waals surface area contributed by atoms with Crippen LogP contribution in [0, 0.1) is 0 Å². The topological polar surface area (TPSA) is 46.6 Å². The van der Waals surface area contributed by atoms with E-state index < -0.39 is 11.1 Å². The molecular weight excluding hydrogens is 212 g/mol. The van der Waals surface area contributed by atoms with Gasteiger partial charge in [-0.25, -0.2) is 0 Å². The Balaban J connectivity index is 2.12. The molecule has 1 saturated heterocycles. The summed E-state index contributed by atoms with van der Waals surface area (Å²) in [5, 5.41) is 0. The van der Waals surface area contributed by atoms with Gasteiger partial charge in [-0.2, -0.15) is 0 Å². The van der Waals surface area contributed by atoms with Gasteiger partial charge in [0, 0.05) is 38.0 Å². The first-order valence-corrected chi connectivity index (χ1v) is 6.86. The maximum atomic E-state index is 10.4. The van der Waals surface area contributed by atoms with Crippen LogP contribution >= 0.6 is 0 Å². The van der Waals surface area contributed by atoms with Crippen LogP contribution in [0.2, 0.25) is 0 Å². The molecule has 0 radical (unpaired) electrons. The van der Waals surface area contributed by atoms with E-state index in [0.717, 1.165) is 39.1 Å². The predicted octanol–water partition coefficient (Wildman–Crippen LogP) is 0.282. The summed E-state index contributed by atoms with van der Waals surface area (Å²) in [4.78, 5) is 4.81. The predicted molar refractivity (Wildman–Crippen MR) is 61.6 cm³/mol. The zero-order chi connectivity index (χ0) is 11.3. The van der Waals surface area contributed by atoms with Gasteiger partial charge in [0.25, 0.3) is 0 Å². The summed E-state index contributed by atoms with van der Waals surface area (Å²) in [5.41, 5.74) is 0. The number of nitrogens with zero attached hydrogens (tertiary/aromatic N) is 2. The van der Waals surface area contributed by atoms with E-state index in [0.29, 0.717) is 11.8 Å². The lowest BCUT2D eigenvalue weighted by Crippen LogP contribution is -2.49. The molecule has 1 atom stereocenters. The van der Waals surface area contributed by atoms with Crippen molar-refractivity contribution in [2.24, 2.45) is 0 Å². The Hall–Kier alpha value is 0.0300. The fourth-order valence-electron chi connectivity index (χ4n) is 1.91. The van der Waals surface area contributed by atoms with Crippen LogP contribution in [0.3, 0.4) is 0 Å². The van der Waals surface area contributed by atoms with Crippen LogP contribution in [0.15, 0.2) is 0 Å². The van der Waals surface area contributed by atoms with Crippen molar-refractivity contribution in [3.8, 4) is 0 Å². The molecule has 0 aromatic rings. The summed E-state index contributed by atoms with van der Waals surface area (Å²) in [7, 11) is 0. The van der Waals surface area contributed by atoms with Crippen molar-refractivity contribution in [2.45, 2.75) is 26.3 Å². The largest absolute Gasteiger partial charge is 0.772 e. The van der Waals surface area contributed by atoms with Crippen molar-refractivity contribution in [1.29, 1.82) is 0 Å². The van der Waals surface area contributed by atoms with E-state index in [4.69, 9.17) is 0 Å². The molecule has 0 N–H and O–H groups in total. The molecule has 0 amide bonds. The van der Waals surface area contributed by atoms with Crippen molar-refractivity contribution in [3.05, 3.63) is 0 Å². The summed E-state index contributed by atoms with van der Waals surface area (Å²) >= 11 is -1.87. The van der Waals surface area contributed by atoms with Crippen LogP contribution < -0.4 is 0 Å². The van der Waals surface area contributed by atoms with Gasteiger partial charge in [-0.15, -0.1) is 0 Å². The first-order valence-electron chi connectivity index (χ1n) is 5.62. The zero-order valence-electron chi connectivity index (χ0n) is 9.65. The van der Waals surface area contributed by atoms with E-state index >= 15 is 0 Å². The first kappa shape index (κ1) is 13.1. The molecule has 1 aliphatic heterocycles. The Labute approximate surface area is 94.9 Å². The highest BCUT2D eigenvalue weighted by atomic mass is 32.2. The lowest BCUT2D eigenvalue weighted by atomic mass is 10.2. The van der Waals surface area contributed by atoms with Crippen molar-refractivity contribution >= 4 is 11.1 Å². The molecule has 1 aliphatic rings. The average molecular weight is 233 g/mol. The van der Waals surface area contributed by atoms with Gasteiger partial charge >= 0.3 is 0 Å². The van der Waals surface area contributed by atoms with Gasteiger partial charge in [-0.1, -0.05) is 11.1 Å². The minimum absolute atomic E-state index is 0.296. The van der Waals surface area contributed by atoms with E-state index in [-0.39, 0.29) is 0 Å². The summed E-state index contributed by atoms with van der Waals surface area (Å²) in [6, 6.07) is 0.626. The summed E-state index contributed by atoms with van der Waals surface area (Å²) in [5.74, 6) is 0.296. The molecule has 4 nitrogen and oxygen atoms in total. The smallest absolute Gasteiger partial charge is 0.0114 e. The number of hydrogen-bond donors (Lipinski definition) is 0. The Morgan fingerprint density at radius 1 is 1.27 bits per heavy atom. The highest BCUT2D eigenvalue weighted by Crippen LogP contribution is 2.06. The third-order valence-corrected chi connectivity index (χ3v) is 3.54. The van der Waals surface area contributed by atoms with Crippen molar-refractivity contribution in [3.63, 3.8) is 0 Å². The van der Waals surface area contributed by atoms with E-state index in [9.17, 15) is 8.76 Å². The van der Waals surface area contributed by atoms with Crippen molar-refractivity contribution in [2.75, 3.05) is 38.5 Å². The molecule has 1 fully saturated rings. The molecule has 5 heteroatoms. The van der Waals surface area contributed by atoms with E-state index in [1.807, 2.05) is 0 Å². The van der Waals surface area contributed by atoms with Crippen LogP contribution in [0.4, 0.5) is 0 Å². The molecule has 0 bridgehead atoms. The molecular formula is C10H21N2O2S-. The molecule has 90 valence electrons. The van der Waals surface area contributed by atoms with Crippen LogP contribution in [-0.4, -0.2) is 63.1 Å². The standard InChI is InChI=1S/C10H22N2O2S/c1-10(2)12-7-5-11(6-8-12)4-3-9-15(13)14/h10H,3-9H2,1-2H3,(H,13,14)/p-1. The van der Waals surface area contributed by atoms with Gasteiger partial charge in [0.05, 0.1) is 0 Å². The van der Waals surface area contributed by atoms with E-state index in [1.165, 1.54) is 0 Å². The highest BCUT2D eigenvalue weighted by molar-refractivity contribution is 7.79. The second-order valence-electron chi connectivity index (χ2n) is 4.33. The minimum Gasteiger partial charge on any atom is -0.772 e. The maximum Gasteiger partial charge on any atom is 0.0114 e. The van der Waals surface area contributed by atoms with Gasteiger partial charge in [0.1, 0.15) is 0 Å². The minimum atomic E-state index is -1.87. The van der Waals surface area contributed by atoms with E-state index in [2.05, 4.69) is 23.6 Å². The molecule has 0 aromatic carbocycles. The molecule has 0 saturated carbocycles. The van der Waals surface area contributed by atoms with Crippen LogP contribution in [-0.2, 0) is 11.1 Å². The first-order chi connectivity index (χ1) is 7.09. The molecule has 0 aromatic heterocycles. The molecule has 1 heterocycles. The maximum absolute atomic E-state index is 10.4. The number of rotatable bonds is 5. The van der Waals surface area contributed by atoms with Gasteiger partial charge in [0.2, 0.25) is 0 Å². The second-order valence-corrected chi connectivity index (χ2v) is 5.35. The van der Waals surface area contributed by atoms with Crippen LogP contribution in [0.25, 0.3) is 0 Å². The average Bonchev–Trinajstić information content (AvgIpc) is 2.18. The van der Waals surface area contributed by atoms with Crippen LogP contribution in [0.1, 0.15) is 20.3 Å². The lowest BCUT2D eigenvalue weighted by molar-refractivity contribution is 0.109. The summed E-state index contributed by atoms with van der Waals surface area (Å²) in [6.45, 7) is 9.72. The zero-order valence-corrected chi connectivity index (χ0v) is 10.5. The summed E-state index contributed by atoms with van der Waals surface area (Å²) in [6.07, 6.45) is 0.762. The van der Waals surface area contributed by atoms with E-state index in [1.54, 1.807) is 0 Å². The third-order valence-electron chi connectivity index (χ3n) is 2.92. The highest BCUT2D eigenvalue weighted by Gasteiger charge is 2.17. The molecule has 0 aliphatic carbocycles. The van der Waals surface area contributed by atoms with Crippen molar-refractivity contribution < 1.29 is 8.76 Å². The third kappa shape index (κ3) is 5.06. The molecule has 0 spiro atoms. The Morgan fingerprint density at radius 3 is 2.33 bits per heavy atom. The molecule has 1 unspecified atom stereocenters. The van der Waals surface area contributed by atoms with Gasteiger partial charge in [0.15, 0.2) is 0 Å². The second kappa shape index (κ2) is 6.58. The quantitative estimate of drug-likeness (QED) is 0.640. The lowest BCUT2D eigenvalue weighted by Gasteiger charge is -2.36. The Bertz CT molecular complexity index is 204.